The predicted octanol–water partition coefficient (Wildman–Crippen LogP) is 2.98. The maximum Gasteiger partial charge on any atom is 0.250 e. The number of methoxy groups -OCH3 is 1. The molecule has 2 rings (SSSR count). The Bertz CT molecular complexity index is 675. The maximum absolute atomic E-state index is 12.0. The van der Waals surface area contributed by atoms with Gasteiger partial charge in [0.15, 0.2) is 0 Å². The molecule has 114 valence electrons. The molecule has 0 aliphatic heterocycles. The zero-order chi connectivity index (χ0) is 15.3. The molecular weight excluding hydrogens is 306 g/mol. The number of thiophene rings is 1. The Morgan fingerprint density at radius 3 is 2.43 bits per heavy atom. The number of rotatable bonds is 7. The molecule has 0 saturated carbocycles. The van der Waals surface area contributed by atoms with Crippen LogP contribution in [0.25, 0.3) is 0 Å². The summed E-state index contributed by atoms with van der Waals surface area (Å²) in [4.78, 5) is 0.994. The van der Waals surface area contributed by atoms with E-state index < -0.39 is 10.0 Å². The van der Waals surface area contributed by atoms with Crippen molar-refractivity contribution < 1.29 is 13.2 Å². The van der Waals surface area contributed by atoms with E-state index in [1.807, 2.05) is 37.3 Å². The highest BCUT2D eigenvalue weighted by molar-refractivity contribution is 7.91. The van der Waals surface area contributed by atoms with Gasteiger partial charge in [-0.3, -0.25) is 0 Å². The van der Waals surface area contributed by atoms with Gasteiger partial charge in [0.25, 0.3) is 0 Å². The standard InChI is InChI=1S/C15H19NO3S2/c1-12-5-10-15(20-12)21(17,18)16-11-3-4-13-6-8-14(19-2)9-7-13/h5-10,16H,3-4,11H2,1-2H3. The minimum absolute atomic E-state index is 0.379. The lowest BCUT2D eigenvalue weighted by atomic mass is 10.1. The number of hydrogen-bond acceptors (Lipinski definition) is 4. The second-order valence-corrected chi connectivity index (χ2v) is 8.00. The molecule has 1 N–H and O–H groups in total. The number of aryl methyl sites for hydroxylation is 2. The van der Waals surface area contributed by atoms with Gasteiger partial charge in [-0.2, -0.15) is 0 Å². The SMILES string of the molecule is COc1ccc(CCCNS(=O)(=O)c2ccc(C)s2)cc1. The molecule has 1 aromatic heterocycles. The van der Waals surface area contributed by atoms with E-state index in [0.29, 0.717) is 10.8 Å². The lowest BCUT2D eigenvalue weighted by Gasteiger charge is -2.06. The van der Waals surface area contributed by atoms with Crippen LogP contribution in [-0.2, 0) is 16.4 Å². The molecule has 0 aliphatic rings. The summed E-state index contributed by atoms with van der Waals surface area (Å²) in [5.41, 5.74) is 1.17. The molecule has 21 heavy (non-hydrogen) atoms. The Morgan fingerprint density at radius 2 is 1.86 bits per heavy atom. The summed E-state index contributed by atoms with van der Waals surface area (Å²) in [5.74, 6) is 0.826. The molecule has 4 nitrogen and oxygen atoms in total. The van der Waals surface area contributed by atoms with Crippen LogP contribution in [0, 0.1) is 6.92 Å². The maximum atomic E-state index is 12.0. The van der Waals surface area contributed by atoms with Crippen LogP contribution in [0.1, 0.15) is 16.9 Å². The fourth-order valence-electron chi connectivity index (χ4n) is 1.92. The van der Waals surface area contributed by atoms with Gasteiger partial charge >= 0.3 is 0 Å². The van der Waals surface area contributed by atoms with Crippen molar-refractivity contribution in [3.8, 4) is 5.75 Å². The van der Waals surface area contributed by atoms with Gasteiger partial charge in [0.2, 0.25) is 10.0 Å². The number of sulfonamides is 1. The first-order valence-electron chi connectivity index (χ1n) is 6.70. The van der Waals surface area contributed by atoms with Crippen molar-refractivity contribution in [3.63, 3.8) is 0 Å². The third-order valence-corrected chi connectivity index (χ3v) is 6.03. The van der Waals surface area contributed by atoms with Crippen LogP contribution in [0.3, 0.4) is 0 Å². The van der Waals surface area contributed by atoms with Crippen molar-refractivity contribution in [2.75, 3.05) is 13.7 Å². The van der Waals surface area contributed by atoms with Gasteiger partial charge in [-0.1, -0.05) is 12.1 Å². The molecule has 0 spiro atoms. The summed E-state index contributed by atoms with van der Waals surface area (Å²) in [7, 11) is -1.72. The van der Waals surface area contributed by atoms with Crippen LogP contribution in [0.4, 0.5) is 0 Å². The number of benzene rings is 1. The van der Waals surface area contributed by atoms with E-state index in [0.717, 1.165) is 23.5 Å². The van der Waals surface area contributed by atoms with E-state index in [9.17, 15) is 8.42 Å². The van der Waals surface area contributed by atoms with Gasteiger partial charge in [0, 0.05) is 11.4 Å². The molecule has 0 saturated heterocycles. The van der Waals surface area contributed by atoms with Gasteiger partial charge in [0.05, 0.1) is 7.11 Å². The van der Waals surface area contributed by atoms with E-state index in [2.05, 4.69) is 4.72 Å². The van der Waals surface area contributed by atoms with Gasteiger partial charge in [-0.15, -0.1) is 11.3 Å². The van der Waals surface area contributed by atoms with Crippen LogP contribution in [0.5, 0.6) is 5.75 Å². The Kier molecular flexibility index (Phi) is 5.39. The fraction of sp³-hybridized carbons (Fsp3) is 0.333. The smallest absolute Gasteiger partial charge is 0.250 e. The lowest BCUT2D eigenvalue weighted by molar-refractivity contribution is 0.414. The van der Waals surface area contributed by atoms with Crippen molar-refractivity contribution in [1.82, 2.24) is 4.72 Å². The van der Waals surface area contributed by atoms with Crippen molar-refractivity contribution in [2.24, 2.45) is 0 Å². The number of hydrogen-bond donors (Lipinski definition) is 1. The first-order chi connectivity index (χ1) is 10.0. The van der Waals surface area contributed by atoms with Crippen LogP contribution in [-0.4, -0.2) is 22.1 Å². The minimum Gasteiger partial charge on any atom is -0.497 e. The first-order valence-corrected chi connectivity index (χ1v) is 9.00. The third-order valence-electron chi connectivity index (χ3n) is 3.07. The normalized spacial score (nSPS) is 11.5. The Balaban J connectivity index is 1.81. The van der Waals surface area contributed by atoms with E-state index in [1.165, 1.54) is 16.9 Å². The van der Waals surface area contributed by atoms with Crippen LogP contribution in [0.15, 0.2) is 40.6 Å². The minimum atomic E-state index is -3.36. The Labute approximate surface area is 129 Å². The Hall–Kier alpha value is -1.37. The van der Waals surface area contributed by atoms with Gasteiger partial charge in [-0.25, -0.2) is 13.1 Å². The summed E-state index contributed by atoms with van der Waals surface area (Å²) in [6.45, 7) is 2.33. The zero-order valence-corrected chi connectivity index (χ0v) is 13.8. The summed E-state index contributed by atoms with van der Waals surface area (Å²) < 4.78 is 32.2. The molecule has 0 bridgehead atoms. The largest absolute Gasteiger partial charge is 0.497 e. The Morgan fingerprint density at radius 1 is 1.14 bits per heavy atom. The molecule has 0 unspecified atom stereocenters. The summed E-state index contributed by atoms with van der Waals surface area (Å²) >= 11 is 1.29. The van der Waals surface area contributed by atoms with Crippen molar-refractivity contribution >= 4 is 21.4 Å². The quantitative estimate of drug-likeness (QED) is 0.796. The van der Waals surface area contributed by atoms with E-state index in [-0.39, 0.29) is 0 Å². The number of nitrogens with one attached hydrogen (secondary N) is 1. The van der Waals surface area contributed by atoms with E-state index in [4.69, 9.17) is 4.74 Å². The summed E-state index contributed by atoms with van der Waals surface area (Å²) in [6, 6.07) is 11.3. The molecule has 6 heteroatoms. The second-order valence-electron chi connectivity index (χ2n) is 4.71. The molecular formula is C15H19NO3S2. The van der Waals surface area contributed by atoms with E-state index >= 15 is 0 Å². The van der Waals surface area contributed by atoms with Crippen molar-refractivity contribution in [2.45, 2.75) is 24.0 Å². The zero-order valence-electron chi connectivity index (χ0n) is 12.1. The van der Waals surface area contributed by atoms with Gasteiger partial charge in [-0.05, 0) is 49.6 Å². The second kappa shape index (κ2) is 7.06. The average Bonchev–Trinajstić information content (AvgIpc) is 2.92. The van der Waals surface area contributed by atoms with Crippen LogP contribution < -0.4 is 9.46 Å². The highest BCUT2D eigenvalue weighted by atomic mass is 32.2. The topological polar surface area (TPSA) is 55.4 Å². The molecule has 0 amide bonds. The molecule has 1 heterocycles. The molecule has 0 radical (unpaired) electrons. The first kappa shape index (κ1) is 16.0. The van der Waals surface area contributed by atoms with Crippen molar-refractivity contribution in [1.29, 1.82) is 0 Å². The molecule has 0 aliphatic carbocycles. The highest BCUT2D eigenvalue weighted by Crippen LogP contribution is 2.20. The average molecular weight is 325 g/mol. The summed E-state index contributed by atoms with van der Waals surface area (Å²) in [6.07, 6.45) is 1.59. The monoisotopic (exact) mass is 325 g/mol. The van der Waals surface area contributed by atoms with Crippen molar-refractivity contribution in [3.05, 3.63) is 46.8 Å². The molecule has 0 atom stereocenters. The number of ether oxygens (including phenoxy) is 1. The van der Waals surface area contributed by atoms with Gasteiger partial charge in [0.1, 0.15) is 9.96 Å². The lowest BCUT2D eigenvalue weighted by Crippen LogP contribution is -2.24. The summed E-state index contributed by atoms with van der Waals surface area (Å²) in [5, 5.41) is 0. The van der Waals surface area contributed by atoms with Crippen LogP contribution in [0.2, 0.25) is 0 Å². The highest BCUT2D eigenvalue weighted by Gasteiger charge is 2.14. The van der Waals surface area contributed by atoms with E-state index in [1.54, 1.807) is 13.2 Å². The molecule has 2 aromatic rings. The van der Waals surface area contributed by atoms with Crippen LogP contribution >= 0.6 is 11.3 Å². The third kappa shape index (κ3) is 4.56. The van der Waals surface area contributed by atoms with Gasteiger partial charge < -0.3 is 4.74 Å². The fourth-order valence-corrected chi connectivity index (χ4v) is 4.32. The predicted molar refractivity (Wildman–Crippen MR) is 85.6 cm³/mol. The molecule has 1 aromatic carbocycles. The molecule has 0 fully saturated rings.